The Kier molecular flexibility index (Phi) is 3.09. The SMILES string of the molecule is CNC(=O)c1cccc(N=[N+]=[N-])c1C. The summed E-state index contributed by atoms with van der Waals surface area (Å²) in [5, 5.41) is 6.00. The molecule has 0 heterocycles. The molecule has 0 fully saturated rings. The molecule has 0 aliphatic heterocycles. The second kappa shape index (κ2) is 4.30. The molecule has 0 aromatic heterocycles. The summed E-state index contributed by atoms with van der Waals surface area (Å²) in [6.07, 6.45) is 0. The molecule has 0 bridgehead atoms. The van der Waals surface area contributed by atoms with Crippen molar-refractivity contribution in [3.63, 3.8) is 0 Å². The largest absolute Gasteiger partial charge is 0.355 e. The highest BCUT2D eigenvalue weighted by atomic mass is 16.1. The topological polar surface area (TPSA) is 77.9 Å². The van der Waals surface area contributed by atoms with Gasteiger partial charge in [0.25, 0.3) is 5.91 Å². The molecule has 0 atom stereocenters. The van der Waals surface area contributed by atoms with Crippen LogP contribution in [0.15, 0.2) is 23.3 Å². The Labute approximate surface area is 81.4 Å². The van der Waals surface area contributed by atoms with Crippen molar-refractivity contribution in [2.75, 3.05) is 7.05 Å². The molecule has 0 aliphatic carbocycles. The average Bonchev–Trinajstić information content (AvgIpc) is 2.20. The van der Waals surface area contributed by atoms with Gasteiger partial charge in [0.05, 0.1) is 0 Å². The lowest BCUT2D eigenvalue weighted by Gasteiger charge is -2.05. The van der Waals surface area contributed by atoms with Gasteiger partial charge in [-0.05, 0) is 24.1 Å². The highest BCUT2D eigenvalue weighted by molar-refractivity contribution is 5.96. The molecule has 0 unspecified atom stereocenters. The fourth-order valence-electron chi connectivity index (χ4n) is 1.16. The van der Waals surface area contributed by atoms with E-state index in [1.165, 1.54) is 0 Å². The van der Waals surface area contributed by atoms with Gasteiger partial charge in [0.2, 0.25) is 0 Å². The third-order valence-corrected chi connectivity index (χ3v) is 1.93. The first-order chi connectivity index (χ1) is 6.70. The van der Waals surface area contributed by atoms with E-state index in [0.717, 1.165) is 0 Å². The van der Waals surface area contributed by atoms with Crippen molar-refractivity contribution in [3.8, 4) is 0 Å². The van der Waals surface area contributed by atoms with Gasteiger partial charge in [-0.15, -0.1) is 0 Å². The van der Waals surface area contributed by atoms with Crippen LogP contribution in [0.2, 0.25) is 0 Å². The second-order valence-electron chi connectivity index (χ2n) is 2.72. The Morgan fingerprint density at radius 1 is 1.57 bits per heavy atom. The number of rotatable bonds is 2. The number of hydrogen-bond acceptors (Lipinski definition) is 2. The lowest BCUT2D eigenvalue weighted by Crippen LogP contribution is -2.18. The third kappa shape index (κ3) is 1.84. The summed E-state index contributed by atoms with van der Waals surface area (Å²) >= 11 is 0. The molecule has 1 amide bonds. The van der Waals surface area contributed by atoms with E-state index in [1.807, 2.05) is 0 Å². The predicted octanol–water partition coefficient (Wildman–Crippen LogP) is 2.30. The number of carbonyl (C=O) groups is 1. The number of carbonyl (C=O) groups excluding carboxylic acids is 1. The zero-order valence-corrected chi connectivity index (χ0v) is 7.98. The van der Waals surface area contributed by atoms with Crippen LogP contribution in [-0.2, 0) is 0 Å². The van der Waals surface area contributed by atoms with Gasteiger partial charge in [-0.2, -0.15) is 0 Å². The Bertz CT molecular complexity index is 407. The van der Waals surface area contributed by atoms with Crippen molar-refractivity contribution >= 4 is 11.6 Å². The standard InChI is InChI=1S/C9H10N4O/c1-6-7(9(14)11-2)4-3-5-8(6)12-13-10/h3-5H,1-2H3,(H,11,14). The Hall–Kier alpha value is -2.00. The Balaban J connectivity index is 3.26. The molecule has 0 saturated heterocycles. The Morgan fingerprint density at radius 3 is 2.86 bits per heavy atom. The van der Waals surface area contributed by atoms with Crippen LogP contribution in [0.5, 0.6) is 0 Å². The quantitative estimate of drug-likeness (QED) is 0.433. The molecule has 5 heteroatoms. The van der Waals surface area contributed by atoms with E-state index in [1.54, 1.807) is 32.2 Å². The summed E-state index contributed by atoms with van der Waals surface area (Å²) in [6.45, 7) is 1.74. The second-order valence-corrected chi connectivity index (χ2v) is 2.72. The zero-order valence-electron chi connectivity index (χ0n) is 7.98. The summed E-state index contributed by atoms with van der Waals surface area (Å²) in [4.78, 5) is 14.0. The lowest BCUT2D eigenvalue weighted by atomic mass is 10.1. The van der Waals surface area contributed by atoms with E-state index < -0.39 is 0 Å². The van der Waals surface area contributed by atoms with Gasteiger partial charge in [0, 0.05) is 23.2 Å². The van der Waals surface area contributed by atoms with Crippen molar-refractivity contribution in [2.24, 2.45) is 5.11 Å². The summed E-state index contributed by atoms with van der Waals surface area (Å²) in [6, 6.07) is 5.04. The average molecular weight is 190 g/mol. The maximum Gasteiger partial charge on any atom is 0.251 e. The molecule has 1 rings (SSSR count). The monoisotopic (exact) mass is 190 g/mol. The van der Waals surface area contributed by atoms with Crippen LogP contribution < -0.4 is 5.32 Å². The van der Waals surface area contributed by atoms with Crippen LogP contribution in [0.3, 0.4) is 0 Å². The highest BCUT2D eigenvalue weighted by Crippen LogP contribution is 2.21. The number of nitrogens with zero attached hydrogens (tertiary/aromatic N) is 3. The minimum Gasteiger partial charge on any atom is -0.355 e. The number of azide groups is 1. The van der Waals surface area contributed by atoms with E-state index in [0.29, 0.717) is 16.8 Å². The zero-order chi connectivity index (χ0) is 10.6. The van der Waals surface area contributed by atoms with Crippen molar-refractivity contribution < 1.29 is 4.79 Å². The summed E-state index contributed by atoms with van der Waals surface area (Å²) in [5.74, 6) is -0.183. The molecule has 0 saturated carbocycles. The van der Waals surface area contributed by atoms with Gasteiger partial charge < -0.3 is 5.32 Å². The van der Waals surface area contributed by atoms with E-state index >= 15 is 0 Å². The molecule has 0 aliphatic rings. The highest BCUT2D eigenvalue weighted by Gasteiger charge is 2.08. The van der Waals surface area contributed by atoms with Crippen LogP contribution in [-0.4, -0.2) is 13.0 Å². The molecule has 0 spiro atoms. The fraction of sp³-hybridized carbons (Fsp3) is 0.222. The molecular weight excluding hydrogens is 180 g/mol. The first-order valence-corrected chi connectivity index (χ1v) is 4.07. The van der Waals surface area contributed by atoms with Crippen LogP contribution in [0.1, 0.15) is 15.9 Å². The normalized spacial score (nSPS) is 9.00. The maximum absolute atomic E-state index is 11.3. The molecular formula is C9H10N4O. The first kappa shape index (κ1) is 10.1. The van der Waals surface area contributed by atoms with Gasteiger partial charge in [0.15, 0.2) is 0 Å². The summed E-state index contributed by atoms with van der Waals surface area (Å²) in [5.41, 5.74) is 9.98. The molecule has 1 aromatic carbocycles. The lowest BCUT2D eigenvalue weighted by molar-refractivity contribution is 0.0962. The fourth-order valence-corrected chi connectivity index (χ4v) is 1.16. The molecule has 5 nitrogen and oxygen atoms in total. The van der Waals surface area contributed by atoms with Crippen LogP contribution in [0.4, 0.5) is 5.69 Å². The van der Waals surface area contributed by atoms with Crippen molar-refractivity contribution in [1.82, 2.24) is 5.32 Å². The molecule has 1 N–H and O–H groups in total. The summed E-state index contributed by atoms with van der Waals surface area (Å²) < 4.78 is 0. The van der Waals surface area contributed by atoms with Gasteiger partial charge in [-0.25, -0.2) is 0 Å². The smallest absolute Gasteiger partial charge is 0.251 e. The number of hydrogen-bond donors (Lipinski definition) is 1. The molecule has 72 valence electrons. The minimum absolute atomic E-state index is 0.183. The van der Waals surface area contributed by atoms with Gasteiger partial charge in [-0.1, -0.05) is 17.2 Å². The van der Waals surface area contributed by atoms with Crippen molar-refractivity contribution in [3.05, 3.63) is 39.8 Å². The van der Waals surface area contributed by atoms with Gasteiger partial charge in [0.1, 0.15) is 0 Å². The predicted molar refractivity (Wildman–Crippen MR) is 53.4 cm³/mol. The minimum atomic E-state index is -0.183. The molecule has 0 radical (unpaired) electrons. The van der Waals surface area contributed by atoms with E-state index in [4.69, 9.17) is 5.53 Å². The maximum atomic E-state index is 11.3. The van der Waals surface area contributed by atoms with Crippen molar-refractivity contribution in [2.45, 2.75) is 6.92 Å². The van der Waals surface area contributed by atoms with E-state index in [2.05, 4.69) is 15.3 Å². The third-order valence-electron chi connectivity index (χ3n) is 1.93. The molecule has 14 heavy (non-hydrogen) atoms. The first-order valence-electron chi connectivity index (χ1n) is 4.07. The van der Waals surface area contributed by atoms with E-state index in [9.17, 15) is 4.79 Å². The van der Waals surface area contributed by atoms with E-state index in [-0.39, 0.29) is 5.91 Å². The van der Waals surface area contributed by atoms with Crippen LogP contribution >= 0.6 is 0 Å². The van der Waals surface area contributed by atoms with Crippen LogP contribution in [0.25, 0.3) is 10.4 Å². The number of benzene rings is 1. The Morgan fingerprint density at radius 2 is 2.29 bits per heavy atom. The van der Waals surface area contributed by atoms with Gasteiger partial charge in [-0.3, -0.25) is 4.79 Å². The summed E-state index contributed by atoms with van der Waals surface area (Å²) in [7, 11) is 1.56. The molecule has 1 aromatic rings. The van der Waals surface area contributed by atoms with Gasteiger partial charge >= 0.3 is 0 Å². The number of amides is 1. The van der Waals surface area contributed by atoms with Crippen molar-refractivity contribution in [1.29, 1.82) is 0 Å². The van der Waals surface area contributed by atoms with Crippen LogP contribution in [0, 0.1) is 6.92 Å². The number of nitrogens with one attached hydrogen (secondary N) is 1.